The topological polar surface area (TPSA) is 30.0 Å². The lowest BCUT2D eigenvalue weighted by molar-refractivity contribution is 0.0994. The van der Waals surface area contributed by atoms with Gasteiger partial charge in [-0.3, -0.25) is 4.79 Å². The number of ketones is 1. The summed E-state index contributed by atoms with van der Waals surface area (Å²) in [4.78, 5) is 16.3. The van der Waals surface area contributed by atoms with E-state index in [0.717, 1.165) is 17.0 Å². The standard InChI is InChI=1S/C15H13NOS/c17-14-6-4-10-7-11(3-5-12(10)14)15-16-13(8-18-15)9-1-2-9/h3,5,7-9H,1-2,4,6H2. The molecule has 0 unspecified atom stereocenters. The van der Waals surface area contributed by atoms with Gasteiger partial charge in [0.1, 0.15) is 5.01 Å². The van der Waals surface area contributed by atoms with Gasteiger partial charge in [0.25, 0.3) is 0 Å². The van der Waals surface area contributed by atoms with Crippen LogP contribution in [-0.4, -0.2) is 10.8 Å². The zero-order chi connectivity index (χ0) is 12.1. The van der Waals surface area contributed by atoms with E-state index in [0.29, 0.717) is 12.3 Å². The van der Waals surface area contributed by atoms with Crippen LogP contribution in [0.3, 0.4) is 0 Å². The highest BCUT2D eigenvalue weighted by molar-refractivity contribution is 7.13. The second kappa shape index (κ2) is 3.75. The first-order valence-electron chi connectivity index (χ1n) is 6.43. The van der Waals surface area contributed by atoms with E-state index >= 15 is 0 Å². The fourth-order valence-electron chi connectivity index (χ4n) is 2.57. The molecule has 0 radical (unpaired) electrons. The molecule has 1 heterocycles. The van der Waals surface area contributed by atoms with Crippen LogP contribution in [-0.2, 0) is 6.42 Å². The quantitative estimate of drug-likeness (QED) is 0.816. The molecule has 1 aromatic carbocycles. The zero-order valence-corrected chi connectivity index (χ0v) is 10.8. The monoisotopic (exact) mass is 255 g/mol. The maximum Gasteiger partial charge on any atom is 0.163 e. The second-order valence-electron chi connectivity index (χ2n) is 5.15. The Morgan fingerprint density at radius 2 is 2.11 bits per heavy atom. The molecular weight excluding hydrogens is 242 g/mol. The minimum atomic E-state index is 0.286. The molecule has 0 saturated heterocycles. The van der Waals surface area contributed by atoms with Crippen molar-refractivity contribution in [2.24, 2.45) is 0 Å². The SMILES string of the molecule is O=C1CCc2cc(-c3nc(C4CC4)cs3)ccc21. The maximum atomic E-state index is 11.6. The Hall–Kier alpha value is -1.48. The minimum Gasteiger partial charge on any atom is -0.294 e. The van der Waals surface area contributed by atoms with Gasteiger partial charge in [0, 0.05) is 28.8 Å². The fraction of sp³-hybridized carbons (Fsp3) is 0.333. The summed E-state index contributed by atoms with van der Waals surface area (Å²) < 4.78 is 0. The van der Waals surface area contributed by atoms with Crippen LogP contribution in [0.25, 0.3) is 10.6 Å². The van der Waals surface area contributed by atoms with E-state index in [1.165, 1.54) is 29.7 Å². The Labute approximate surface area is 110 Å². The fourth-order valence-corrected chi connectivity index (χ4v) is 3.47. The van der Waals surface area contributed by atoms with E-state index in [2.05, 4.69) is 11.4 Å². The van der Waals surface area contributed by atoms with Crippen LogP contribution in [0.5, 0.6) is 0 Å². The molecule has 2 aliphatic rings. The van der Waals surface area contributed by atoms with Gasteiger partial charge in [-0.15, -0.1) is 11.3 Å². The van der Waals surface area contributed by atoms with E-state index in [1.807, 2.05) is 12.1 Å². The number of nitrogens with zero attached hydrogens (tertiary/aromatic N) is 1. The Morgan fingerprint density at radius 1 is 1.22 bits per heavy atom. The van der Waals surface area contributed by atoms with Crippen molar-refractivity contribution in [2.45, 2.75) is 31.6 Å². The number of aromatic nitrogens is 1. The van der Waals surface area contributed by atoms with Gasteiger partial charge >= 0.3 is 0 Å². The molecule has 1 fully saturated rings. The molecule has 3 heteroatoms. The minimum absolute atomic E-state index is 0.286. The van der Waals surface area contributed by atoms with E-state index in [1.54, 1.807) is 11.3 Å². The van der Waals surface area contributed by atoms with Crippen molar-refractivity contribution in [3.8, 4) is 10.6 Å². The van der Waals surface area contributed by atoms with Crippen molar-refractivity contribution in [3.63, 3.8) is 0 Å². The van der Waals surface area contributed by atoms with Crippen LogP contribution >= 0.6 is 11.3 Å². The van der Waals surface area contributed by atoms with Gasteiger partial charge in [-0.2, -0.15) is 0 Å². The first-order chi connectivity index (χ1) is 8.81. The maximum absolute atomic E-state index is 11.6. The van der Waals surface area contributed by atoms with Crippen molar-refractivity contribution in [3.05, 3.63) is 40.4 Å². The van der Waals surface area contributed by atoms with E-state index in [4.69, 9.17) is 4.98 Å². The Bertz CT molecular complexity index is 640. The Morgan fingerprint density at radius 3 is 2.94 bits per heavy atom. The molecule has 1 saturated carbocycles. The van der Waals surface area contributed by atoms with E-state index in [9.17, 15) is 4.79 Å². The normalized spacial score (nSPS) is 18.1. The van der Waals surface area contributed by atoms with Gasteiger partial charge in [-0.1, -0.05) is 12.1 Å². The van der Waals surface area contributed by atoms with Gasteiger partial charge in [-0.25, -0.2) is 4.98 Å². The Kier molecular flexibility index (Phi) is 2.18. The van der Waals surface area contributed by atoms with Crippen molar-refractivity contribution >= 4 is 17.1 Å². The molecule has 4 rings (SSSR count). The molecule has 90 valence electrons. The molecule has 0 spiro atoms. The molecule has 0 aliphatic heterocycles. The first kappa shape index (κ1) is 10.4. The highest BCUT2D eigenvalue weighted by Crippen LogP contribution is 2.41. The number of hydrogen-bond acceptors (Lipinski definition) is 3. The van der Waals surface area contributed by atoms with Crippen LogP contribution in [0.4, 0.5) is 0 Å². The third-order valence-electron chi connectivity index (χ3n) is 3.79. The van der Waals surface area contributed by atoms with Crippen LogP contribution in [0, 0.1) is 0 Å². The number of Topliss-reactive ketones (excluding diaryl/α,β-unsaturated/α-hetero) is 1. The Balaban J connectivity index is 1.73. The molecular formula is C15H13NOS. The van der Waals surface area contributed by atoms with E-state index in [-0.39, 0.29) is 5.78 Å². The number of carbonyl (C=O) groups excluding carboxylic acids is 1. The number of hydrogen-bond donors (Lipinski definition) is 0. The van der Waals surface area contributed by atoms with Crippen LogP contribution in [0.2, 0.25) is 0 Å². The van der Waals surface area contributed by atoms with Crippen LogP contribution < -0.4 is 0 Å². The predicted molar refractivity (Wildman–Crippen MR) is 72.2 cm³/mol. The summed E-state index contributed by atoms with van der Waals surface area (Å²) in [6.07, 6.45) is 4.15. The number of fused-ring (bicyclic) bond motifs is 1. The summed E-state index contributed by atoms with van der Waals surface area (Å²) in [6.45, 7) is 0. The molecule has 2 aromatic rings. The highest BCUT2D eigenvalue weighted by atomic mass is 32.1. The van der Waals surface area contributed by atoms with Gasteiger partial charge < -0.3 is 0 Å². The smallest absolute Gasteiger partial charge is 0.163 e. The van der Waals surface area contributed by atoms with Crippen LogP contribution in [0.1, 0.15) is 46.8 Å². The molecule has 18 heavy (non-hydrogen) atoms. The average Bonchev–Trinajstić information content (AvgIpc) is 3.01. The number of aryl methyl sites for hydroxylation is 1. The van der Waals surface area contributed by atoms with Crippen molar-refractivity contribution in [1.29, 1.82) is 0 Å². The highest BCUT2D eigenvalue weighted by Gasteiger charge is 2.26. The number of rotatable bonds is 2. The average molecular weight is 255 g/mol. The van der Waals surface area contributed by atoms with Gasteiger partial charge in [-0.05, 0) is 30.9 Å². The number of benzene rings is 1. The van der Waals surface area contributed by atoms with Crippen LogP contribution in [0.15, 0.2) is 23.6 Å². The molecule has 0 N–H and O–H groups in total. The van der Waals surface area contributed by atoms with Gasteiger partial charge in [0.05, 0.1) is 5.69 Å². The lowest BCUT2D eigenvalue weighted by atomic mass is 10.1. The predicted octanol–water partition coefficient (Wildman–Crippen LogP) is 3.82. The summed E-state index contributed by atoms with van der Waals surface area (Å²) in [5.74, 6) is 1.00. The third-order valence-corrected chi connectivity index (χ3v) is 4.70. The molecule has 2 nitrogen and oxygen atoms in total. The first-order valence-corrected chi connectivity index (χ1v) is 7.31. The van der Waals surface area contributed by atoms with Crippen molar-refractivity contribution in [2.75, 3.05) is 0 Å². The number of carbonyl (C=O) groups is 1. The molecule has 0 bridgehead atoms. The van der Waals surface area contributed by atoms with E-state index < -0.39 is 0 Å². The van der Waals surface area contributed by atoms with Gasteiger partial charge in [0.15, 0.2) is 5.78 Å². The molecule has 2 aliphatic carbocycles. The van der Waals surface area contributed by atoms with Crippen molar-refractivity contribution < 1.29 is 4.79 Å². The summed E-state index contributed by atoms with van der Waals surface area (Å²) in [6, 6.07) is 6.16. The summed E-state index contributed by atoms with van der Waals surface area (Å²) in [5.41, 5.74) is 4.53. The second-order valence-corrected chi connectivity index (χ2v) is 6.01. The lowest BCUT2D eigenvalue weighted by Crippen LogP contribution is -1.90. The summed E-state index contributed by atoms with van der Waals surface area (Å²) in [5, 5.41) is 3.28. The van der Waals surface area contributed by atoms with Gasteiger partial charge in [0.2, 0.25) is 0 Å². The van der Waals surface area contributed by atoms with Crippen molar-refractivity contribution in [1.82, 2.24) is 4.98 Å². The lowest BCUT2D eigenvalue weighted by Gasteiger charge is -2.01. The largest absolute Gasteiger partial charge is 0.294 e. The molecule has 1 aromatic heterocycles. The third kappa shape index (κ3) is 1.62. The zero-order valence-electron chi connectivity index (χ0n) is 9.98. The molecule has 0 amide bonds. The molecule has 0 atom stereocenters. The summed E-state index contributed by atoms with van der Waals surface area (Å²) >= 11 is 1.72. The number of thiazole rings is 1. The summed E-state index contributed by atoms with van der Waals surface area (Å²) in [7, 11) is 0.